The Hall–Kier alpha value is -0.610. The van der Waals surface area contributed by atoms with Gasteiger partial charge in [-0.15, -0.1) is 0 Å². The van der Waals surface area contributed by atoms with Crippen molar-refractivity contribution in [1.29, 1.82) is 0 Å². The highest BCUT2D eigenvalue weighted by atomic mass is 16.2. The van der Waals surface area contributed by atoms with Crippen molar-refractivity contribution in [2.24, 2.45) is 0 Å². The highest BCUT2D eigenvalue weighted by molar-refractivity contribution is 5.81. The Morgan fingerprint density at radius 2 is 1.80 bits per heavy atom. The number of carbonyl (C=O) groups is 1. The first-order valence-electron chi connectivity index (χ1n) is 8.25. The molecular formula is C16H31N3O. The molecule has 0 aromatic rings. The normalized spacial score (nSPS) is 24.2. The highest BCUT2D eigenvalue weighted by Crippen LogP contribution is 2.33. The number of rotatable bonds is 6. The lowest BCUT2D eigenvalue weighted by atomic mass is 9.95. The number of nitrogens with one attached hydrogen (secondary N) is 2. The summed E-state index contributed by atoms with van der Waals surface area (Å²) in [5.41, 5.74) is 0.252. The van der Waals surface area contributed by atoms with Crippen LogP contribution < -0.4 is 10.6 Å². The Balaban J connectivity index is 1.78. The van der Waals surface area contributed by atoms with Crippen LogP contribution in [0.3, 0.4) is 0 Å². The van der Waals surface area contributed by atoms with Gasteiger partial charge in [-0.1, -0.05) is 25.7 Å². The van der Waals surface area contributed by atoms with Crippen LogP contribution in [0.2, 0.25) is 0 Å². The Morgan fingerprint density at radius 3 is 2.35 bits per heavy atom. The SMILES string of the molecule is CC(NCC1(N(C)C)CCCC1)C(=O)NC1CCCC1. The standard InChI is InChI=1S/C16H31N3O/c1-13(15(20)18-14-8-4-5-9-14)17-12-16(19(2)3)10-6-7-11-16/h13-14,17H,4-12H2,1-3H3,(H,18,20). The van der Waals surface area contributed by atoms with Crippen LogP contribution in [0.15, 0.2) is 0 Å². The zero-order valence-electron chi connectivity index (χ0n) is 13.4. The second kappa shape index (κ2) is 6.90. The van der Waals surface area contributed by atoms with Gasteiger partial charge in [0.15, 0.2) is 0 Å². The van der Waals surface area contributed by atoms with Gasteiger partial charge < -0.3 is 15.5 Å². The van der Waals surface area contributed by atoms with Crippen molar-refractivity contribution >= 4 is 5.91 Å². The molecule has 0 aromatic heterocycles. The van der Waals surface area contributed by atoms with Crippen LogP contribution in [0.5, 0.6) is 0 Å². The molecule has 0 aromatic carbocycles. The van der Waals surface area contributed by atoms with Crippen molar-refractivity contribution in [2.45, 2.75) is 75.9 Å². The van der Waals surface area contributed by atoms with E-state index in [0.29, 0.717) is 6.04 Å². The Labute approximate surface area is 123 Å². The molecular weight excluding hydrogens is 250 g/mol. The van der Waals surface area contributed by atoms with E-state index in [1.807, 2.05) is 6.92 Å². The monoisotopic (exact) mass is 281 g/mol. The average molecular weight is 281 g/mol. The molecule has 2 N–H and O–H groups in total. The lowest BCUT2D eigenvalue weighted by Gasteiger charge is -2.37. The smallest absolute Gasteiger partial charge is 0.237 e. The second-order valence-electron chi connectivity index (χ2n) is 6.92. The number of carbonyl (C=O) groups excluding carboxylic acids is 1. The Morgan fingerprint density at radius 1 is 1.20 bits per heavy atom. The second-order valence-corrected chi connectivity index (χ2v) is 6.92. The van der Waals surface area contributed by atoms with Gasteiger partial charge in [0, 0.05) is 18.1 Å². The first-order valence-corrected chi connectivity index (χ1v) is 8.25. The number of likely N-dealkylation sites (N-methyl/N-ethyl adjacent to an activating group) is 1. The van der Waals surface area contributed by atoms with Crippen LogP contribution in [-0.2, 0) is 4.79 Å². The maximum Gasteiger partial charge on any atom is 0.237 e. The van der Waals surface area contributed by atoms with E-state index in [1.165, 1.54) is 38.5 Å². The zero-order valence-corrected chi connectivity index (χ0v) is 13.4. The summed E-state index contributed by atoms with van der Waals surface area (Å²) in [5.74, 6) is 0.170. The molecule has 2 fully saturated rings. The quantitative estimate of drug-likeness (QED) is 0.781. The predicted molar refractivity (Wildman–Crippen MR) is 82.7 cm³/mol. The third-order valence-corrected chi connectivity index (χ3v) is 5.32. The molecule has 2 rings (SSSR count). The first kappa shape index (κ1) is 15.8. The number of amides is 1. The lowest BCUT2D eigenvalue weighted by molar-refractivity contribution is -0.123. The summed E-state index contributed by atoms with van der Waals surface area (Å²) in [6, 6.07) is 0.328. The van der Waals surface area contributed by atoms with Gasteiger partial charge in [-0.25, -0.2) is 0 Å². The fourth-order valence-corrected chi connectivity index (χ4v) is 3.65. The number of hydrogen-bond acceptors (Lipinski definition) is 3. The van der Waals surface area contributed by atoms with E-state index in [0.717, 1.165) is 19.4 Å². The molecule has 1 atom stereocenters. The van der Waals surface area contributed by atoms with Crippen LogP contribution in [-0.4, -0.2) is 49.1 Å². The maximum absolute atomic E-state index is 12.2. The van der Waals surface area contributed by atoms with E-state index in [9.17, 15) is 4.79 Å². The summed E-state index contributed by atoms with van der Waals surface area (Å²) in [4.78, 5) is 14.5. The Bertz CT molecular complexity index is 318. The molecule has 1 amide bonds. The molecule has 20 heavy (non-hydrogen) atoms. The van der Waals surface area contributed by atoms with Crippen LogP contribution >= 0.6 is 0 Å². The van der Waals surface area contributed by atoms with Crippen molar-refractivity contribution in [2.75, 3.05) is 20.6 Å². The molecule has 0 heterocycles. The molecule has 2 saturated carbocycles. The van der Waals surface area contributed by atoms with Crippen molar-refractivity contribution in [3.63, 3.8) is 0 Å². The molecule has 0 radical (unpaired) electrons. The van der Waals surface area contributed by atoms with Crippen molar-refractivity contribution in [3.05, 3.63) is 0 Å². The summed E-state index contributed by atoms with van der Waals surface area (Å²) in [5, 5.41) is 6.65. The zero-order chi connectivity index (χ0) is 14.6. The number of hydrogen-bond donors (Lipinski definition) is 2. The molecule has 0 aliphatic heterocycles. The first-order chi connectivity index (χ1) is 9.53. The molecule has 0 bridgehead atoms. The van der Waals surface area contributed by atoms with Gasteiger partial charge in [0.05, 0.1) is 6.04 Å². The van der Waals surface area contributed by atoms with E-state index in [2.05, 4.69) is 29.6 Å². The van der Waals surface area contributed by atoms with Crippen LogP contribution in [0, 0.1) is 0 Å². The molecule has 1 unspecified atom stereocenters. The Kier molecular flexibility index (Phi) is 5.44. The molecule has 4 heteroatoms. The minimum absolute atomic E-state index is 0.0898. The molecule has 0 spiro atoms. The van der Waals surface area contributed by atoms with Gasteiger partial charge in [0.25, 0.3) is 0 Å². The van der Waals surface area contributed by atoms with Crippen LogP contribution in [0.4, 0.5) is 0 Å². The summed E-state index contributed by atoms with van der Waals surface area (Å²) >= 11 is 0. The minimum Gasteiger partial charge on any atom is -0.352 e. The van der Waals surface area contributed by atoms with Gasteiger partial charge in [-0.3, -0.25) is 4.79 Å². The van der Waals surface area contributed by atoms with Crippen molar-refractivity contribution in [1.82, 2.24) is 15.5 Å². The van der Waals surface area contributed by atoms with Crippen LogP contribution in [0.25, 0.3) is 0 Å². The van der Waals surface area contributed by atoms with Gasteiger partial charge in [0.2, 0.25) is 5.91 Å². The van der Waals surface area contributed by atoms with Crippen molar-refractivity contribution in [3.8, 4) is 0 Å². The van der Waals surface area contributed by atoms with E-state index in [-0.39, 0.29) is 17.5 Å². The van der Waals surface area contributed by atoms with Crippen LogP contribution in [0.1, 0.15) is 58.3 Å². The van der Waals surface area contributed by atoms with Gasteiger partial charge >= 0.3 is 0 Å². The summed E-state index contributed by atoms with van der Waals surface area (Å²) in [7, 11) is 4.33. The molecule has 2 aliphatic rings. The van der Waals surface area contributed by atoms with E-state index in [1.54, 1.807) is 0 Å². The van der Waals surface area contributed by atoms with Gasteiger partial charge in [-0.05, 0) is 46.7 Å². The molecule has 116 valence electrons. The van der Waals surface area contributed by atoms with Gasteiger partial charge in [-0.2, -0.15) is 0 Å². The summed E-state index contributed by atoms with van der Waals surface area (Å²) < 4.78 is 0. The third kappa shape index (κ3) is 3.73. The maximum atomic E-state index is 12.2. The third-order valence-electron chi connectivity index (χ3n) is 5.32. The van der Waals surface area contributed by atoms with E-state index < -0.39 is 0 Å². The topological polar surface area (TPSA) is 44.4 Å². The largest absolute Gasteiger partial charge is 0.352 e. The summed E-state index contributed by atoms with van der Waals surface area (Å²) in [6.45, 7) is 2.90. The summed E-state index contributed by atoms with van der Waals surface area (Å²) in [6.07, 6.45) is 9.92. The van der Waals surface area contributed by atoms with Crippen molar-refractivity contribution < 1.29 is 4.79 Å². The van der Waals surface area contributed by atoms with Gasteiger partial charge in [0.1, 0.15) is 0 Å². The van der Waals surface area contributed by atoms with E-state index >= 15 is 0 Å². The lowest BCUT2D eigenvalue weighted by Crippen LogP contribution is -2.54. The predicted octanol–water partition coefficient (Wildman–Crippen LogP) is 1.90. The fourth-order valence-electron chi connectivity index (χ4n) is 3.65. The average Bonchev–Trinajstić information content (AvgIpc) is 3.07. The molecule has 0 saturated heterocycles. The minimum atomic E-state index is -0.0898. The fraction of sp³-hybridized carbons (Fsp3) is 0.938. The molecule has 4 nitrogen and oxygen atoms in total. The number of nitrogens with zero attached hydrogens (tertiary/aromatic N) is 1. The van der Waals surface area contributed by atoms with E-state index in [4.69, 9.17) is 0 Å². The molecule has 2 aliphatic carbocycles. The highest BCUT2D eigenvalue weighted by Gasteiger charge is 2.36.